The molecular formula is C11H14N4. The summed E-state index contributed by atoms with van der Waals surface area (Å²) in [6, 6.07) is 3.93. The van der Waals surface area contributed by atoms with Crippen LogP contribution in [0.1, 0.15) is 0 Å². The number of aromatic nitrogens is 3. The Kier molecular flexibility index (Phi) is 3.09. The summed E-state index contributed by atoms with van der Waals surface area (Å²) in [5.74, 6) is 0. The molecule has 0 amide bonds. The van der Waals surface area contributed by atoms with Gasteiger partial charge in [-0.05, 0) is 19.2 Å². The van der Waals surface area contributed by atoms with E-state index in [0.717, 1.165) is 24.3 Å². The first-order chi connectivity index (χ1) is 7.40. The molecule has 78 valence electrons. The van der Waals surface area contributed by atoms with Crippen molar-refractivity contribution in [1.82, 2.24) is 19.9 Å². The normalized spacial score (nSPS) is 10.5. The average molecular weight is 202 g/mol. The maximum absolute atomic E-state index is 4.33. The molecule has 2 aromatic heterocycles. The second-order valence-corrected chi connectivity index (χ2v) is 3.34. The molecule has 2 rings (SSSR count). The number of imidazole rings is 1. The molecular weight excluding hydrogens is 188 g/mol. The lowest BCUT2D eigenvalue weighted by Gasteiger charge is -1.99. The molecule has 0 saturated carbocycles. The van der Waals surface area contributed by atoms with E-state index in [2.05, 4.69) is 19.9 Å². The molecule has 0 aromatic carbocycles. The lowest BCUT2D eigenvalue weighted by Crippen LogP contribution is -2.13. The maximum atomic E-state index is 4.33. The van der Waals surface area contributed by atoms with Crippen molar-refractivity contribution >= 4 is 0 Å². The second kappa shape index (κ2) is 4.70. The van der Waals surface area contributed by atoms with Gasteiger partial charge in [0.05, 0.1) is 12.0 Å². The molecule has 0 aliphatic carbocycles. The number of rotatable bonds is 4. The van der Waals surface area contributed by atoms with Gasteiger partial charge in [-0.3, -0.25) is 4.98 Å². The molecule has 4 nitrogen and oxygen atoms in total. The van der Waals surface area contributed by atoms with E-state index in [-0.39, 0.29) is 0 Å². The fraction of sp³-hybridized carbons (Fsp3) is 0.273. The van der Waals surface area contributed by atoms with Gasteiger partial charge in [0.1, 0.15) is 0 Å². The molecule has 0 bridgehead atoms. The highest BCUT2D eigenvalue weighted by atomic mass is 15.0. The molecule has 1 N–H and O–H groups in total. The summed E-state index contributed by atoms with van der Waals surface area (Å²) in [7, 11) is 1.94. The largest absolute Gasteiger partial charge is 0.336 e. The van der Waals surface area contributed by atoms with Crippen molar-refractivity contribution in [2.24, 2.45) is 0 Å². The monoisotopic (exact) mass is 202 g/mol. The van der Waals surface area contributed by atoms with E-state index < -0.39 is 0 Å². The fourth-order valence-corrected chi connectivity index (χ4v) is 1.39. The van der Waals surface area contributed by atoms with E-state index in [9.17, 15) is 0 Å². The van der Waals surface area contributed by atoms with E-state index in [0.29, 0.717) is 0 Å². The number of nitrogens with one attached hydrogen (secondary N) is 1. The Morgan fingerprint density at radius 1 is 1.47 bits per heavy atom. The number of likely N-dealkylation sites (N-methyl/N-ethyl adjacent to an activating group) is 1. The molecule has 0 saturated heterocycles. The topological polar surface area (TPSA) is 42.7 Å². The van der Waals surface area contributed by atoms with Crippen molar-refractivity contribution in [3.8, 4) is 11.3 Å². The summed E-state index contributed by atoms with van der Waals surface area (Å²) in [6.45, 7) is 1.88. The molecule has 0 unspecified atom stereocenters. The molecule has 0 aliphatic rings. The van der Waals surface area contributed by atoms with Crippen LogP contribution in [0.2, 0.25) is 0 Å². The van der Waals surface area contributed by atoms with Gasteiger partial charge in [-0.2, -0.15) is 0 Å². The minimum atomic E-state index is 0.934. The summed E-state index contributed by atoms with van der Waals surface area (Å²) in [4.78, 5) is 8.41. The first-order valence-corrected chi connectivity index (χ1v) is 4.97. The van der Waals surface area contributed by atoms with Crippen molar-refractivity contribution < 1.29 is 0 Å². The lowest BCUT2D eigenvalue weighted by molar-refractivity contribution is 0.644. The zero-order valence-electron chi connectivity index (χ0n) is 8.72. The van der Waals surface area contributed by atoms with E-state index in [1.165, 1.54) is 0 Å². The van der Waals surface area contributed by atoms with E-state index >= 15 is 0 Å². The quantitative estimate of drug-likeness (QED) is 0.809. The minimum Gasteiger partial charge on any atom is -0.336 e. The lowest BCUT2D eigenvalue weighted by atomic mass is 10.2. The number of nitrogens with zero attached hydrogens (tertiary/aromatic N) is 3. The van der Waals surface area contributed by atoms with Crippen LogP contribution in [0.3, 0.4) is 0 Å². The summed E-state index contributed by atoms with van der Waals surface area (Å²) in [5.41, 5.74) is 2.03. The Morgan fingerprint density at radius 3 is 3.13 bits per heavy atom. The first-order valence-electron chi connectivity index (χ1n) is 4.97. The molecule has 0 atom stereocenters. The third kappa shape index (κ3) is 2.41. The van der Waals surface area contributed by atoms with Crippen LogP contribution in [0.5, 0.6) is 0 Å². The molecule has 0 aliphatic heterocycles. The van der Waals surface area contributed by atoms with Crippen molar-refractivity contribution in [3.05, 3.63) is 37.1 Å². The van der Waals surface area contributed by atoms with Crippen LogP contribution in [-0.2, 0) is 6.54 Å². The SMILES string of the molecule is CNCCn1cnc(-c2cccnc2)c1. The van der Waals surface area contributed by atoms with Crippen LogP contribution in [0.4, 0.5) is 0 Å². The fourth-order valence-electron chi connectivity index (χ4n) is 1.39. The highest BCUT2D eigenvalue weighted by molar-refractivity contribution is 5.56. The van der Waals surface area contributed by atoms with Crippen LogP contribution in [0.25, 0.3) is 11.3 Å². The Hall–Kier alpha value is -1.68. The number of pyridine rings is 1. The van der Waals surface area contributed by atoms with Crippen LogP contribution < -0.4 is 5.32 Å². The van der Waals surface area contributed by atoms with Gasteiger partial charge in [-0.15, -0.1) is 0 Å². The standard InChI is InChI=1S/C11H14N4/c1-12-5-6-15-8-11(14-9-15)10-3-2-4-13-7-10/h2-4,7-9,12H,5-6H2,1H3. The molecule has 15 heavy (non-hydrogen) atoms. The molecule has 0 fully saturated rings. The highest BCUT2D eigenvalue weighted by Crippen LogP contribution is 2.14. The van der Waals surface area contributed by atoms with Gasteiger partial charge in [-0.25, -0.2) is 4.98 Å². The van der Waals surface area contributed by atoms with E-state index in [4.69, 9.17) is 0 Å². The Morgan fingerprint density at radius 2 is 2.40 bits per heavy atom. The van der Waals surface area contributed by atoms with Gasteiger partial charge in [0.25, 0.3) is 0 Å². The van der Waals surface area contributed by atoms with E-state index in [1.54, 1.807) is 6.20 Å². The van der Waals surface area contributed by atoms with Gasteiger partial charge in [0.2, 0.25) is 0 Å². The van der Waals surface area contributed by atoms with E-state index in [1.807, 2.05) is 37.9 Å². The van der Waals surface area contributed by atoms with Crippen LogP contribution in [-0.4, -0.2) is 28.1 Å². The van der Waals surface area contributed by atoms with Crippen molar-refractivity contribution in [2.45, 2.75) is 6.54 Å². The molecule has 0 spiro atoms. The van der Waals surface area contributed by atoms with Gasteiger partial charge < -0.3 is 9.88 Å². The van der Waals surface area contributed by atoms with Gasteiger partial charge in [0, 0.05) is 37.2 Å². The highest BCUT2D eigenvalue weighted by Gasteiger charge is 2.00. The van der Waals surface area contributed by atoms with Crippen molar-refractivity contribution in [2.75, 3.05) is 13.6 Å². The molecule has 2 aromatic rings. The predicted octanol–water partition coefficient (Wildman–Crippen LogP) is 1.16. The van der Waals surface area contributed by atoms with Gasteiger partial charge in [-0.1, -0.05) is 0 Å². The predicted molar refractivity (Wildman–Crippen MR) is 59.4 cm³/mol. The average Bonchev–Trinajstić information content (AvgIpc) is 2.76. The zero-order chi connectivity index (χ0) is 10.5. The molecule has 2 heterocycles. The van der Waals surface area contributed by atoms with Crippen molar-refractivity contribution in [1.29, 1.82) is 0 Å². The van der Waals surface area contributed by atoms with Crippen LogP contribution >= 0.6 is 0 Å². The summed E-state index contributed by atoms with van der Waals surface area (Å²) < 4.78 is 2.07. The Labute approximate surface area is 89.0 Å². The summed E-state index contributed by atoms with van der Waals surface area (Å²) in [5, 5.41) is 3.10. The molecule has 0 radical (unpaired) electrons. The minimum absolute atomic E-state index is 0.934. The summed E-state index contributed by atoms with van der Waals surface area (Å²) in [6.07, 6.45) is 7.47. The first kappa shape index (κ1) is 9.86. The Balaban J connectivity index is 2.14. The van der Waals surface area contributed by atoms with Gasteiger partial charge >= 0.3 is 0 Å². The van der Waals surface area contributed by atoms with Crippen LogP contribution in [0, 0.1) is 0 Å². The Bertz CT molecular complexity index is 408. The summed E-state index contributed by atoms with van der Waals surface area (Å²) >= 11 is 0. The maximum Gasteiger partial charge on any atom is 0.0954 e. The number of hydrogen-bond acceptors (Lipinski definition) is 3. The molecule has 4 heteroatoms. The number of hydrogen-bond donors (Lipinski definition) is 1. The smallest absolute Gasteiger partial charge is 0.0954 e. The second-order valence-electron chi connectivity index (χ2n) is 3.34. The van der Waals surface area contributed by atoms with Crippen molar-refractivity contribution in [3.63, 3.8) is 0 Å². The zero-order valence-corrected chi connectivity index (χ0v) is 8.72. The van der Waals surface area contributed by atoms with Gasteiger partial charge in [0.15, 0.2) is 0 Å². The van der Waals surface area contributed by atoms with Crippen LogP contribution in [0.15, 0.2) is 37.1 Å². The third-order valence-corrected chi connectivity index (χ3v) is 2.21. The third-order valence-electron chi connectivity index (χ3n) is 2.21.